The molecule has 1 N–H and O–H groups in total. The molecule has 0 bridgehead atoms. The topological polar surface area (TPSA) is 46.0 Å². The molecule has 3 aromatic heterocycles. The van der Waals surface area contributed by atoms with Crippen molar-refractivity contribution in [1.82, 2.24) is 24.8 Å². The van der Waals surface area contributed by atoms with E-state index < -0.39 is 0 Å². The Kier molecular flexibility index (Phi) is 5.49. The quantitative estimate of drug-likeness (QED) is 0.595. The first-order chi connectivity index (χ1) is 14.8. The molecule has 5 rings (SSSR count). The van der Waals surface area contributed by atoms with Crippen molar-refractivity contribution in [3.05, 3.63) is 84.2 Å². The number of thiocarbonyl (C=S) groups is 1. The fourth-order valence-corrected chi connectivity index (χ4v) is 5.14. The predicted molar refractivity (Wildman–Crippen MR) is 122 cm³/mol. The number of rotatable bonds is 5. The molecule has 1 saturated heterocycles. The fraction of sp³-hybridized carbons (Fsp3) is 0.375. The van der Waals surface area contributed by atoms with E-state index in [0.717, 1.165) is 17.4 Å². The first kappa shape index (κ1) is 19.2. The molecular formula is C24H27N5S. The highest BCUT2D eigenvalue weighted by Crippen LogP contribution is 2.40. The Morgan fingerprint density at radius 1 is 1.00 bits per heavy atom. The molecule has 3 aromatic rings. The first-order valence-electron chi connectivity index (χ1n) is 10.8. The molecule has 0 amide bonds. The summed E-state index contributed by atoms with van der Waals surface area (Å²) < 4.78 is 2.43. The smallest absolute Gasteiger partial charge is 0.170 e. The Balaban J connectivity index is 1.49. The normalized spacial score (nSPS) is 22.3. The van der Waals surface area contributed by atoms with E-state index in [9.17, 15) is 0 Å². The summed E-state index contributed by atoms with van der Waals surface area (Å²) in [5.41, 5.74) is 3.51. The molecule has 5 nitrogen and oxygen atoms in total. The van der Waals surface area contributed by atoms with Crippen LogP contribution in [-0.2, 0) is 6.54 Å². The molecule has 0 aromatic carbocycles. The van der Waals surface area contributed by atoms with Crippen molar-refractivity contribution in [3.63, 3.8) is 0 Å². The van der Waals surface area contributed by atoms with Gasteiger partial charge in [0.25, 0.3) is 0 Å². The van der Waals surface area contributed by atoms with E-state index in [4.69, 9.17) is 12.2 Å². The molecule has 30 heavy (non-hydrogen) atoms. The average molecular weight is 418 g/mol. The molecule has 2 aliphatic rings. The third kappa shape index (κ3) is 3.84. The van der Waals surface area contributed by atoms with Crippen molar-refractivity contribution in [2.24, 2.45) is 0 Å². The maximum atomic E-state index is 5.79. The summed E-state index contributed by atoms with van der Waals surface area (Å²) in [6.07, 6.45) is 16.7. The second kappa shape index (κ2) is 8.56. The van der Waals surface area contributed by atoms with Gasteiger partial charge in [-0.2, -0.15) is 0 Å². The summed E-state index contributed by atoms with van der Waals surface area (Å²) >= 11 is 5.79. The molecule has 0 unspecified atom stereocenters. The number of nitrogens with zero attached hydrogens (tertiary/aromatic N) is 4. The summed E-state index contributed by atoms with van der Waals surface area (Å²) in [4.78, 5) is 11.1. The highest BCUT2D eigenvalue weighted by atomic mass is 32.1. The summed E-state index contributed by atoms with van der Waals surface area (Å²) in [6, 6.07) is 13.2. The molecule has 4 heterocycles. The van der Waals surface area contributed by atoms with Gasteiger partial charge in [0.15, 0.2) is 5.11 Å². The van der Waals surface area contributed by atoms with Gasteiger partial charge in [-0.25, -0.2) is 0 Å². The van der Waals surface area contributed by atoms with Crippen LogP contribution in [-0.4, -0.2) is 24.5 Å². The van der Waals surface area contributed by atoms with Crippen LogP contribution >= 0.6 is 12.2 Å². The number of pyridine rings is 2. The molecule has 1 aliphatic heterocycles. The number of aromatic nitrogens is 3. The second-order valence-corrected chi connectivity index (χ2v) is 8.68. The zero-order chi connectivity index (χ0) is 20.3. The van der Waals surface area contributed by atoms with E-state index in [1.54, 1.807) is 0 Å². The maximum Gasteiger partial charge on any atom is 0.170 e. The average Bonchev–Trinajstić information content (AvgIpc) is 3.41. The van der Waals surface area contributed by atoms with E-state index in [0.29, 0.717) is 6.04 Å². The van der Waals surface area contributed by atoms with Crippen molar-refractivity contribution in [2.45, 2.75) is 56.8 Å². The van der Waals surface area contributed by atoms with E-state index >= 15 is 0 Å². The third-order valence-corrected chi connectivity index (χ3v) is 6.73. The Bertz CT molecular complexity index is 981. The second-order valence-electron chi connectivity index (χ2n) is 8.29. The lowest BCUT2D eigenvalue weighted by Crippen LogP contribution is -2.29. The Morgan fingerprint density at radius 3 is 2.60 bits per heavy atom. The summed E-state index contributed by atoms with van der Waals surface area (Å²) in [5, 5.41) is 4.32. The van der Waals surface area contributed by atoms with Crippen molar-refractivity contribution in [2.75, 3.05) is 0 Å². The van der Waals surface area contributed by atoms with E-state index in [1.165, 1.54) is 43.2 Å². The van der Waals surface area contributed by atoms with Gasteiger partial charge < -0.3 is 14.8 Å². The minimum atomic E-state index is 0.0303. The molecule has 6 heteroatoms. The molecule has 2 fully saturated rings. The van der Waals surface area contributed by atoms with Crippen molar-refractivity contribution in [3.8, 4) is 0 Å². The lowest BCUT2D eigenvalue weighted by molar-refractivity contribution is 0.309. The molecule has 154 valence electrons. The predicted octanol–water partition coefficient (Wildman–Crippen LogP) is 4.96. The SMILES string of the molecule is S=C1N[C@@H](c2ccccn2)[C@H](c2ccn(C3CCCCC3)c2)N1Cc1ccncc1. The first-order valence-corrected chi connectivity index (χ1v) is 11.2. The van der Waals surface area contributed by atoms with Crippen LogP contribution in [0.3, 0.4) is 0 Å². The van der Waals surface area contributed by atoms with Crippen LogP contribution in [0, 0.1) is 0 Å². The van der Waals surface area contributed by atoms with E-state index in [2.05, 4.69) is 61.4 Å². The van der Waals surface area contributed by atoms with Crippen LogP contribution in [0.15, 0.2) is 67.4 Å². The minimum Gasteiger partial charge on any atom is -0.352 e. The van der Waals surface area contributed by atoms with Crippen molar-refractivity contribution < 1.29 is 0 Å². The molecule has 0 spiro atoms. The molecule has 1 aliphatic carbocycles. The summed E-state index contributed by atoms with van der Waals surface area (Å²) in [6.45, 7) is 0.747. The molecule has 1 saturated carbocycles. The Labute approximate surface area is 183 Å². The zero-order valence-corrected chi connectivity index (χ0v) is 17.8. The van der Waals surface area contributed by atoms with Crippen LogP contribution in [0.25, 0.3) is 0 Å². The standard InChI is InChI=1S/C24H27N5S/c30-24-27-22(21-8-4-5-12-26-21)23(29(24)16-18-9-13-25-14-10-18)19-11-15-28(17-19)20-6-2-1-3-7-20/h4-5,8-15,17,20,22-23H,1-3,6-7,16H2,(H,27,30)/t22-,23-/m0/s1. The van der Waals surface area contributed by atoms with Gasteiger partial charge in [0.2, 0.25) is 0 Å². The van der Waals surface area contributed by atoms with Gasteiger partial charge in [0.1, 0.15) is 0 Å². The minimum absolute atomic E-state index is 0.0303. The molecular weight excluding hydrogens is 390 g/mol. The van der Waals surface area contributed by atoms with Crippen LogP contribution in [0.4, 0.5) is 0 Å². The van der Waals surface area contributed by atoms with Gasteiger partial charge in [0.05, 0.1) is 17.8 Å². The van der Waals surface area contributed by atoms with Gasteiger partial charge in [0, 0.05) is 43.6 Å². The lowest BCUT2D eigenvalue weighted by Gasteiger charge is -2.28. The number of hydrogen-bond acceptors (Lipinski definition) is 3. The largest absolute Gasteiger partial charge is 0.352 e. The molecule has 2 atom stereocenters. The highest BCUT2D eigenvalue weighted by Gasteiger charge is 2.40. The lowest BCUT2D eigenvalue weighted by atomic mass is 9.95. The molecule has 0 radical (unpaired) electrons. The zero-order valence-electron chi connectivity index (χ0n) is 17.0. The van der Waals surface area contributed by atoms with Crippen molar-refractivity contribution >= 4 is 17.3 Å². The summed E-state index contributed by atoms with van der Waals surface area (Å²) in [7, 11) is 0. The van der Waals surface area contributed by atoms with Gasteiger partial charge >= 0.3 is 0 Å². The summed E-state index contributed by atoms with van der Waals surface area (Å²) in [5.74, 6) is 0. The van der Waals surface area contributed by atoms with Gasteiger partial charge in [-0.3, -0.25) is 9.97 Å². The number of hydrogen-bond donors (Lipinski definition) is 1. The van der Waals surface area contributed by atoms with Crippen LogP contribution < -0.4 is 5.32 Å². The highest BCUT2D eigenvalue weighted by molar-refractivity contribution is 7.80. The fourth-order valence-electron chi connectivity index (χ4n) is 4.84. The Morgan fingerprint density at radius 2 is 1.83 bits per heavy atom. The monoisotopic (exact) mass is 417 g/mol. The van der Waals surface area contributed by atoms with E-state index in [1.807, 2.05) is 30.7 Å². The maximum absolute atomic E-state index is 5.79. The van der Waals surface area contributed by atoms with Crippen LogP contribution in [0.2, 0.25) is 0 Å². The van der Waals surface area contributed by atoms with E-state index in [-0.39, 0.29) is 12.1 Å². The van der Waals surface area contributed by atoms with Gasteiger partial charge in [-0.05, 0) is 66.5 Å². The third-order valence-electron chi connectivity index (χ3n) is 6.38. The van der Waals surface area contributed by atoms with Crippen LogP contribution in [0.5, 0.6) is 0 Å². The van der Waals surface area contributed by atoms with Gasteiger partial charge in [-0.1, -0.05) is 25.3 Å². The number of nitrogens with one attached hydrogen (secondary N) is 1. The Hall–Kier alpha value is -2.73. The van der Waals surface area contributed by atoms with Crippen LogP contribution in [0.1, 0.15) is 67.1 Å². The van der Waals surface area contributed by atoms with Gasteiger partial charge in [-0.15, -0.1) is 0 Å². The van der Waals surface area contributed by atoms with Crippen molar-refractivity contribution in [1.29, 1.82) is 0 Å².